The predicted octanol–water partition coefficient (Wildman–Crippen LogP) is 5.20. The van der Waals surface area contributed by atoms with Crippen LogP contribution < -0.4 is 19.9 Å². The maximum Gasteiger partial charge on any atom is 0.249 e. The zero-order valence-corrected chi connectivity index (χ0v) is 20.4. The fraction of sp³-hybridized carbons (Fsp3) is 0.500. The first kappa shape index (κ1) is 23.1. The summed E-state index contributed by atoms with van der Waals surface area (Å²) in [7, 11) is 3.47. The van der Waals surface area contributed by atoms with E-state index < -0.39 is 0 Å². The molecule has 33 heavy (non-hydrogen) atoms. The molecule has 1 amide bonds. The number of aromatic nitrogens is 2. The number of carbonyl (C=O) groups excluding carboxylic acids is 1. The number of benzene rings is 1. The number of carbonyl (C=O) groups is 1. The molecule has 0 bridgehead atoms. The van der Waals surface area contributed by atoms with E-state index in [2.05, 4.69) is 54.7 Å². The Bertz CT molecular complexity index is 1040. The Balaban J connectivity index is 1.72. The molecule has 7 nitrogen and oxygen atoms in total. The highest BCUT2D eigenvalue weighted by atomic mass is 16.5. The maximum atomic E-state index is 13.2. The third-order valence-electron chi connectivity index (χ3n) is 6.73. The predicted molar refractivity (Wildman–Crippen MR) is 134 cm³/mol. The standard InChI is InChI=1S/C26H35N5O2/c1-7-10-20-24(32)30(5)21-16-27-25(29-23(21)31(20)18-11-8-9-12-18)28-19-14-13-17(26(2,3)4)15-22(19)33-6/h7,13-16,18,20H,1,8-12H2,2-6H3,(H,27,28,29)/t20-/m1/s1. The zero-order valence-electron chi connectivity index (χ0n) is 20.4. The van der Waals surface area contributed by atoms with E-state index in [-0.39, 0.29) is 17.4 Å². The van der Waals surface area contributed by atoms with Gasteiger partial charge < -0.3 is 19.9 Å². The molecule has 0 spiro atoms. The Morgan fingerprint density at radius 3 is 2.64 bits per heavy atom. The summed E-state index contributed by atoms with van der Waals surface area (Å²) in [5, 5.41) is 3.34. The molecule has 2 aliphatic rings. The number of nitrogens with zero attached hydrogens (tertiary/aromatic N) is 4. The van der Waals surface area contributed by atoms with Crippen molar-refractivity contribution in [2.24, 2.45) is 0 Å². The molecule has 0 unspecified atom stereocenters. The first-order chi connectivity index (χ1) is 15.7. The smallest absolute Gasteiger partial charge is 0.249 e. The number of rotatable bonds is 6. The molecule has 0 saturated heterocycles. The average molecular weight is 450 g/mol. The molecule has 1 N–H and O–H groups in total. The average Bonchev–Trinajstić information content (AvgIpc) is 3.31. The summed E-state index contributed by atoms with van der Waals surface area (Å²) in [6.07, 6.45) is 8.64. The van der Waals surface area contributed by atoms with Crippen LogP contribution in [0.15, 0.2) is 37.1 Å². The van der Waals surface area contributed by atoms with Crippen LogP contribution in [0.2, 0.25) is 0 Å². The number of likely N-dealkylation sites (N-methyl/N-ethyl adjacent to an activating group) is 1. The van der Waals surface area contributed by atoms with Gasteiger partial charge in [-0.15, -0.1) is 6.58 Å². The van der Waals surface area contributed by atoms with E-state index in [1.807, 2.05) is 12.1 Å². The lowest BCUT2D eigenvalue weighted by Gasteiger charge is -2.43. The van der Waals surface area contributed by atoms with Crippen LogP contribution in [0, 0.1) is 0 Å². The summed E-state index contributed by atoms with van der Waals surface area (Å²) in [4.78, 5) is 26.5. The van der Waals surface area contributed by atoms with Gasteiger partial charge in [-0.25, -0.2) is 4.98 Å². The first-order valence-electron chi connectivity index (χ1n) is 11.7. The summed E-state index contributed by atoms with van der Waals surface area (Å²) in [5.41, 5.74) is 2.76. The molecule has 1 aliphatic heterocycles. The SMILES string of the molecule is C=CC[C@@H]1C(=O)N(C)c2cnc(Nc3ccc(C(C)(C)C)cc3OC)nc2N1C1CCCC1. The molecule has 1 atom stereocenters. The summed E-state index contributed by atoms with van der Waals surface area (Å²) in [6.45, 7) is 10.4. The Hall–Kier alpha value is -3.09. The van der Waals surface area contributed by atoms with Gasteiger partial charge in [-0.3, -0.25) is 4.79 Å². The van der Waals surface area contributed by atoms with E-state index >= 15 is 0 Å². The lowest BCUT2D eigenvalue weighted by molar-refractivity contribution is -0.120. The van der Waals surface area contributed by atoms with Crippen molar-refractivity contribution in [2.45, 2.75) is 70.4 Å². The van der Waals surface area contributed by atoms with Gasteiger partial charge in [-0.1, -0.05) is 45.8 Å². The van der Waals surface area contributed by atoms with Gasteiger partial charge in [-0.2, -0.15) is 4.98 Å². The minimum Gasteiger partial charge on any atom is -0.495 e. The Kier molecular flexibility index (Phi) is 6.32. The lowest BCUT2D eigenvalue weighted by Crippen LogP contribution is -2.55. The third kappa shape index (κ3) is 4.41. The van der Waals surface area contributed by atoms with E-state index in [9.17, 15) is 4.79 Å². The van der Waals surface area contributed by atoms with Crippen molar-refractivity contribution in [1.29, 1.82) is 0 Å². The van der Waals surface area contributed by atoms with E-state index in [1.54, 1.807) is 25.3 Å². The molecular formula is C26H35N5O2. The molecule has 1 fully saturated rings. The maximum absolute atomic E-state index is 13.2. The van der Waals surface area contributed by atoms with Crippen LogP contribution in [0.25, 0.3) is 0 Å². The summed E-state index contributed by atoms with van der Waals surface area (Å²) < 4.78 is 5.66. The molecule has 2 aromatic rings. The second-order valence-electron chi connectivity index (χ2n) is 9.98. The molecule has 2 heterocycles. The molecule has 7 heteroatoms. The minimum atomic E-state index is -0.286. The highest BCUT2D eigenvalue weighted by molar-refractivity contribution is 6.04. The molecule has 1 aromatic heterocycles. The number of ether oxygens (including phenoxy) is 1. The van der Waals surface area contributed by atoms with Gasteiger partial charge >= 0.3 is 0 Å². The highest BCUT2D eigenvalue weighted by Crippen LogP contribution is 2.40. The third-order valence-corrected chi connectivity index (χ3v) is 6.73. The number of anilines is 4. The van der Waals surface area contributed by atoms with Crippen LogP contribution in [0.5, 0.6) is 5.75 Å². The van der Waals surface area contributed by atoms with Gasteiger partial charge in [-0.05, 0) is 42.4 Å². The Morgan fingerprint density at radius 1 is 1.27 bits per heavy atom. The van der Waals surface area contributed by atoms with Gasteiger partial charge in [0.05, 0.1) is 19.0 Å². The fourth-order valence-corrected chi connectivity index (χ4v) is 4.83. The Labute approximate surface area is 196 Å². The van der Waals surface area contributed by atoms with Crippen molar-refractivity contribution >= 4 is 29.0 Å². The highest BCUT2D eigenvalue weighted by Gasteiger charge is 2.41. The number of hydrogen-bond donors (Lipinski definition) is 1. The van der Waals surface area contributed by atoms with Crippen LogP contribution in [-0.2, 0) is 10.2 Å². The van der Waals surface area contributed by atoms with Crippen molar-refractivity contribution in [3.8, 4) is 5.75 Å². The normalized spacial score (nSPS) is 18.9. The van der Waals surface area contributed by atoms with Gasteiger partial charge in [0, 0.05) is 13.1 Å². The minimum absolute atomic E-state index is 0.0210. The number of nitrogens with one attached hydrogen (secondary N) is 1. The molecule has 4 rings (SSSR count). The molecule has 1 aliphatic carbocycles. The number of fused-ring (bicyclic) bond motifs is 1. The van der Waals surface area contributed by atoms with E-state index in [4.69, 9.17) is 9.72 Å². The summed E-state index contributed by atoms with van der Waals surface area (Å²) in [6, 6.07) is 6.17. The number of hydrogen-bond acceptors (Lipinski definition) is 6. The number of methoxy groups -OCH3 is 1. The Morgan fingerprint density at radius 2 is 2.00 bits per heavy atom. The van der Waals surface area contributed by atoms with Crippen molar-refractivity contribution < 1.29 is 9.53 Å². The van der Waals surface area contributed by atoms with Crippen LogP contribution in [0.1, 0.15) is 58.4 Å². The van der Waals surface area contributed by atoms with Crippen LogP contribution in [-0.4, -0.2) is 42.1 Å². The van der Waals surface area contributed by atoms with Gasteiger partial charge in [0.2, 0.25) is 11.9 Å². The topological polar surface area (TPSA) is 70.6 Å². The van der Waals surface area contributed by atoms with Crippen molar-refractivity contribution in [1.82, 2.24) is 9.97 Å². The van der Waals surface area contributed by atoms with Gasteiger partial charge in [0.1, 0.15) is 17.5 Å². The van der Waals surface area contributed by atoms with Crippen molar-refractivity contribution in [2.75, 3.05) is 29.3 Å². The van der Waals surface area contributed by atoms with Crippen LogP contribution in [0.4, 0.5) is 23.1 Å². The van der Waals surface area contributed by atoms with Crippen LogP contribution >= 0.6 is 0 Å². The lowest BCUT2D eigenvalue weighted by atomic mass is 9.87. The van der Waals surface area contributed by atoms with E-state index in [0.29, 0.717) is 18.4 Å². The van der Waals surface area contributed by atoms with Gasteiger partial charge in [0.15, 0.2) is 5.82 Å². The van der Waals surface area contributed by atoms with Crippen molar-refractivity contribution in [3.05, 3.63) is 42.6 Å². The second-order valence-corrected chi connectivity index (χ2v) is 9.98. The summed E-state index contributed by atoms with van der Waals surface area (Å²) >= 11 is 0. The largest absolute Gasteiger partial charge is 0.495 e. The van der Waals surface area contributed by atoms with E-state index in [0.717, 1.165) is 35.8 Å². The molecule has 176 valence electrons. The fourth-order valence-electron chi connectivity index (χ4n) is 4.83. The van der Waals surface area contributed by atoms with E-state index in [1.165, 1.54) is 18.4 Å². The second kappa shape index (κ2) is 9.04. The molecule has 0 radical (unpaired) electrons. The molecule has 1 aromatic carbocycles. The molecular weight excluding hydrogens is 414 g/mol. The summed E-state index contributed by atoms with van der Waals surface area (Å²) in [5.74, 6) is 2.10. The quantitative estimate of drug-likeness (QED) is 0.612. The monoisotopic (exact) mass is 449 g/mol. The first-order valence-corrected chi connectivity index (χ1v) is 11.7. The number of amides is 1. The zero-order chi connectivity index (χ0) is 23.8. The molecule has 1 saturated carbocycles. The van der Waals surface area contributed by atoms with Crippen LogP contribution in [0.3, 0.4) is 0 Å². The van der Waals surface area contributed by atoms with Crippen molar-refractivity contribution in [3.63, 3.8) is 0 Å². The van der Waals surface area contributed by atoms with Gasteiger partial charge in [0.25, 0.3) is 0 Å².